The summed E-state index contributed by atoms with van der Waals surface area (Å²) >= 11 is 1.49. The lowest BCUT2D eigenvalue weighted by Crippen LogP contribution is -2.03. The molecule has 0 unspecified atom stereocenters. The quantitative estimate of drug-likeness (QED) is 0.771. The first kappa shape index (κ1) is 15.5. The topological polar surface area (TPSA) is 45.9 Å². The van der Waals surface area contributed by atoms with Crippen LogP contribution in [0.2, 0.25) is 0 Å². The monoisotopic (exact) mass is 300 g/mol. The summed E-state index contributed by atoms with van der Waals surface area (Å²) in [5.41, 5.74) is 2.16. The zero-order valence-corrected chi connectivity index (χ0v) is 13.4. The first-order valence-corrected chi connectivity index (χ1v) is 8.19. The standard InChI is InChI=1S/C17H20N2OS/c1-3-7-14-16(12-18)21-17(19-14)10-11-20-15-9-6-5-8-13(15)4-2/h5-6,8-9H,3-4,7,10-11H2,1-2H3. The Hall–Kier alpha value is -1.86. The van der Waals surface area contributed by atoms with Crippen LogP contribution in [0.25, 0.3) is 0 Å². The van der Waals surface area contributed by atoms with Gasteiger partial charge >= 0.3 is 0 Å². The Morgan fingerprint density at radius 2 is 2.05 bits per heavy atom. The second-order valence-corrected chi connectivity index (χ2v) is 5.89. The Morgan fingerprint density at radius 3 is 2.76 bits per heavy atom. The van der Waals surface area contributed by atoms with E-state index >= 15 is 0 Å². The number of aromatic nitrogens is 1. The minimum atomic E-state index is 0.598. The highest BCUT2D eigenvalue weighted by Crippen LogP contribution is 2.21. The Labute approximate surface area is 130 Å². The molecule has 2 aromatic rings. The van der Waals surface area contributed by atoms with E-state index in [1.807, 2.05) is 18.2 Å². The lowest BCUT2D eigenvalue weighted by atomic mass is 10.1. The molecule has 4 heteroatoms. The van der Waals surface area contributed by atoms with Crippen LogP contribution in [0.1, 0.15) is 41.4 Å². The molecule has 0 aliphatic carbocycles. The third-order valence-electron chi connectivity index (χ3n) is 3.26. The van der Waals surface area contributed by atoms with Crippen molar-refractivity contribution in [2.75, 3.05) is 6.61 Å². The zero-order valence-electron chi connectivity index (χ0n) is 12.6. The normalized spacial score (nSPS) is 10.3. The highest BCUT2D eigenvalue weighted by Gasteiger charge is 2.10. The molecule has 2 rings (SSSR count). The highest BCUT2D eigenvalue weighted by atomic mass is 32.1. The van der Waals surface area contributed by atoms with Crippen molar-refractivity contribution in [1.29, 1.82) is 5.26 Å². The van der Waals surface area contributed by atoms with E-state index in [1.165, 1.54) is 16.9 Å². The smallest absolute Gasteiger partial charge is 0.128 e. The molecule has 0 saturated carbocycles. The van der Waals surface area contributed by atoms with E-state index < -0.39 is 0 Å². The summed E-state index contributed by atoms with van der Waals surface area (Å²) in [4.78, 5) is 5.31. The van der Waals surface area contributed by atoms with E-state index in [-0.39, 0.29) is 0 Å². The number of nitrogens with zero attached hydrogens (tertiary/aromatic N) is 2. The van der Waals surface area contributed by atoms with E-state index in [2.05, 4.69) is 31.0 Å². The number of ether oxygens (including phenoxy) is 1. The molecule has 1 aromatic heterocycles. The van der Waals surface area contributed by atoms with E-state index in [0.717, 1.165) is 47.0 Å². The van der Waals surface area contributed by atoms with E-state index in [9.17, 15) is 0 Å². The second kappa shape index (κ2) is 7.80. The van der Waals surface area contributed by atoms with Crippen molar-refractivity contribution in [3.8, 4) is 11.8 Å². The van der Waals surface area contributed by atoms with Gasteiger partial charge in [-0.15, -0.1) is 11.3 Å². The van der Waals surface area contributed by atoms with Crippen molar-refractivity contribution in [1.82, 2.24) is 4.98 Å². The van der Waals surface area contributed by atoms with Crippen molar-refractivity contribution < 1.29 is 4.74 Å². The maximum Gasteiger partial charge on any atom is 0.128 e. The summed E-state index contributed by atoms with van der Waals surface area (Å²) in [7, 11) is 0. The number of thiazole rings is 1. The van der Waals surface area contributed by atoms with Gasteiger partial charge in [-0.05, 0) is 24.5 Å². The maximum absolute atomic E-state index is 9.12. The van der Waals surface area contributed by atoms with Crippen molar-refractivity contribution >= 4 is 11.3 Å². The van der Waals surface area contributed by atoms with Crippen LogP contribution in [-0.2, 0) is 19.3 Å². The molecular weight excluding hydrogens is 280 g/mol. The Bertz CT molecular complexity index is 628. The summed E-state index contributed by atoms with van der Waals surface area (Å²) in [6, 6.07) is 10.4. The van der Waals surface area contributed by atoms with Gasteiger partial charge in [-0.25, -0.2) is 4.98 Å². The minimum Gasteiger partial charge on any atom is -0.493 e. The lowest BCUT2D eigenvalue weighted by Gasteiger charge is -2.09. The van der Waals surface area contributed by atoms with Gasteiger partial charge in [0.25, 0.3) is 0 Å². The predicted molar refractivity (Wildman–Crippen MR) is 85.8 cm³/mol. The number of nitriles is 1. The molecule has 110 valence electrons. The van der Waals surface area contributed by atoms with Crippen molar-refractivity contribution in [3.63, 3.8) is 0 Å². The van der Waals surface area contributed by atoms with Gasteiger partial charge in [0.05, 0.1) is 17.3 Å². The second-order valence-electron chi connectivity index (χ2n) is 4.80. The molecule has 0 amide bonds. The fourth-order valence-corrected chi connectivity index (χ4v) is 3.07. The minimum absolute atomic E-state index is 0.598. The number of hydrogen-bond acceptors (Lipinski definition) is 4. The Balaban J connectivity index is 1.96. The SMILES string of the molecule is CCCc1nc(CCOc2ccccc2CC)sc1C#N. The van der Waals surface area contributed by atoms with Gasteiger partial charge in [0.1, 0.15) is 16.7 Å². The van der Waals surface area contributed by atoms with Crippen LogP contribution in [0.15, 0.2) is 24.3 Å². The van der Waals surface area contributed by atoms with Gasteiger partial charge in [-0.3, -0.25) is 0 Å². The molecular formula is C17H20N2OS. The largest absolute Gasteiger partial charge is 0.493 e. The molecule has 21 heavy (non-hydrogen) atoms. The molecule has 1 heterocycles. The summed E-state index contributed by atoms with van der Waals surface area (Å²) in [6.45, 7) is 4.82. The number of para-hydroxylation sites is 1. The Morgan fingerprint density at radius 1 is 1.24 bits per heavy atom. The number of rotatable bonds is 7. The molecule has 0 radical (unpaired) electrons. The van der Waals surface area contributed by atoms with Crippen LogP contribution in [0.3, 0.4) is 0 Å². The van der Waals surface area contributed by atoms with E-state index in [0.29, 0.717) is 6.61 Å². The van der Waals surface area contributed by atoms with Gasteiger partial charge in [0.2, 0.25) is 0 Å². The van der Waals surface area contributed by atoms with Crippen LogP contribution < -0.4 is 4.74 Å². The summed E-state index contributed by atoms with van der Waals surface area (Å²) < 4.78 is 5.86. The van der Waals surface area contributed by atoms with Crippen LogP contribution in [-0.4, -0.2) is 11.6 Å². The summed E-state index contributed by atoms with van der Waals surface area (Å²) in [5, 5.41) is 10.1. The van der Waals surface area contributed by atoms with Crippen LogP contribution in [0.4, 0.5) is 0 Å². The van der Waals surface area contributed by atoms with Crippen molar-refractivity contribution in [2.24, 2.45) is 0 Å². The van der Waals surface area contributed by atoms with Gasteiger partial charge in [-0.1, -0.05) is 38.5 Å². The van der Waals surface area contributed by atoms with Crippen molar-refractivity contribution in [2.45, 2.75) is 39.5 Å². The molecule has 0 spiro atoms. The van der Waals surface area contributed by atoms with Crippen molar-refractivity contribution in [3.05, 3.63) is 45.4 Å². The molecule has 1 aromatic carbocycles. The fourth-order valence-electron chi connectivity index (χ4n) is 2.19. The van der Waals surface area contributed by atoms with E-state index in [1.54, 1.807) is 0 Å². The number of aryl methyl sites for hydroxylation is 2. The van der Waals surface area contributed by atoms with Gasteiger partial charge < -0.3 is 4.74 Å². The third kappa shape index (κ3) is 4.05. The van der Waals surface area contributed by atoms with Crippen LogP contribution >= 0.6 is 11.3 Å². The average molecular weight is 300 g/mol. The summed E-state index contributed by atoms with van der Waals surface area (Å²) in [5.74, 6) is 0.950. The highest BCUT2D eigenvalue weighted by molar-refractivity contribution is 7.12. The van der Waals surface area contributed by atoms with Gasteiger partial charge in [-0.2, -0.15) is 5.26 Å². The molecule has 0 aliphatic heterocycles. The first-order valence-electron chi connectivity index (χ1n) is 7.37. The van der Waals surface area contributed by atoms with Crippen LogP contribution in [0, 0.1) is 11.3 Å². The predicted octanol–water partition coefficient (Wildman–Crippen LogP) is 4.15. The average Bonchev–Trinajstić information content (AvgIpc) is 2.90. The summed E-state index contributed by atoms with van der Waals surface area (Å²) in [6.07, 6.45) is 3.60. The molecule has 0 bridgehead atoms. The number of benzene rings is 1. The number of hydrogen-bond donors (Lipinski definition) is 0. The van der Waals surface area contributed by atoms with Gasteiger partial charge in [0, 0.05) is 6.42 Å². The molecule has 3 nitrogen and oxygen atoms in total. The first-order chi connectivity index (χ1) is 10.3. The van der Waals surface area contributed by atoms with Crippen LogP contribution in [0.5, 0.6) is 5.75 Å². The maximum atomic E-state index is 9.12. The van der Waals surface area contributed by atoms with Gasteiger partial charge in [0.15, 0.2) is 0 Å². The molecule has 0 atom stereocenters. The molecule has 0 saturated heterocycles. The third-order valence-corrected chi connectivity index (χ3v) is 4.32. The van der Waals surface area contributed by atoms with E-state index in [4.69, 9.17) is 10.00 Å². The zero-order chi connectivity index (χ0) is 15.1. The lowest BCUT2D eigenvalue weighted by molar-refractivity contribution is 0.318. The molecule has 0 N–H and O–H groups in total. The fraction of sp³-hybridized carbons (Fsp3) is 0.412. The molecule has 0 aliphatic rings. The molecule has 0 fully saturated rings. The Kier molecular flexibility index (Phi) is 5.77.